The van der Waals surface area contributed by atoms with Crippen LogP contribution in [0, 0.1) is 0 Å². The first kappa shape index (κ1) is 29.7. The van der Waals surface area contributed by atoms with E-state index >= 15 is 0 Å². The van der Waals surface area contributed by atoms with Gasteiger partial charge in [-0.2, -0.15) is 0 Å². The van der Waals surface area contributed by atoms with Crippen LogP contribution in [-0.4, -0.2) is 17.9 Å². The summed E-state index contributed by atoms with van der Waals surface area (Å²) in [6, 6.07) is 0. The molecule has 0 aromatic carbocycles. The molecule has 0 fully saturated rings. The quantitative estimate of drug-likeness (QED) is 0.283. The molecule has 0 saturated carbocycles. The molecule has 0 bridgehead atoms. The Morgan fingerprint density at radius 2 is 0.875 bits per heavy atom. The van der Waals surface area contributed by atoms with Crippen LogP contribution in [0.5, 0.6) is 0 Å². The molecule has 0 rings (SSSR count). The molecule has 0 aromatic heterocycles. The van der Waals surface area contributed by atoms with E-state index in [1.165, 1.54) is 3.93 Å². The first-order valence-corrected chi connectivity index (χ1v) is 7.82. The minimum atomic E-state index is -1.08. The van der Waals surface area contributed by atoms with Crippen LogP contribution in [-0.2, 0) is 40.5 Å². The monoisotopic (exact) mass is 445 g/mol. The van der Waals surface area contributed by atoms with Crippen molar-refractivity contribution < 1.29 is 55.8 Å². The number of carboxylic acids is 3. The Kier molecular flexibility index (Phi) is 54.4. The summed E-state index contributed by atoms with van der Waals surface area (Å²) in [4.78, 5) is 26.7. The van der Waals surface area contributed by atoms with Crippen molar-refractivity contribution in [3.8, 4) is 0 Å². The van der Waals surface area contributed by atoms with E-state index in [9.17, 15) is 0 Å². The van der Waals surface area contributed by atoms with Crippen molar-refractivity contribution in [1.82, 2.24) is 0 Å². The molecule has 0 aliphatic heterocycles. The van der Waals surface area contributed by atoms with E-state index in [1.807, 2.05) is 0 Å². The van der Waals surface area contributed by atoms with E-state index < -0.39 is 17.9 Å². The predicted molar refractivity (Wildman–Crippen MR) is 57.8 cm³/mol. The molecule has 0 aromatic rings. The minimum Gasteiger partial charge on any atom is -0.295 e. The number of hydrogen-bond donors (Lipinski definition) is 0. The fourth-order valence-corrected chi connectivity index (χ4v) is 0. The van der Waals surface area contributed by atoms with Crippen LogP contribution in [0.25, 0.3) is 0 Å². The second-order valence-electron chi connectivity index (χ2n) is 1.97. The molecule has 0 unspecified atom stereocenters. The van der Waals surface area contributed by atoms with Crippen LogP contribution in [0.1, 0.15) is 27.7 Å². The maximum Gasteiger partial charge on any atom is -0.295 e. The summed E-state index contributed by atoms with van der Waals surface area (Å²) in [5.74, 6) is -3.25. The van der Waals surface area contributed by atoms with Gasteiger partial charge in [-0.15, -0.1) is 0 Å². The van der Waals surface area contributed by atoms with Gasteiger partial charge in [0.05, 0.1) is 0 Å². The molecule has 6 nitrogen and oxygen atoms in total. The second kappa shape index (κ2) is 29.3. The van der Waals surface area contributed by atoms with Crippen molar-refractivity contribution in [3.63, 3.8) is 0 Å². The minimum absolute atomic E-state index is 0. The summed E-state index contributed by atoms with van der Waals surface area (Å²) >= 11 is 1.07. The van der Waals surface area contributed by atoms with E-state index in [0.29, 0.717) is 0 Å². The van der Waals surface area contributed by atoms with E-state index in [1.54, 1.807) is 0 Å². The zero-order valence-electron chi connectivity index (χ0n) is 9.36. The van der Waals surface area contributed by atoms with E-state index in [-0.39, 0.29) is 9.90 Å². The standard InChI is InChI=1S/3C2H4O2.C2H5.Hg.H6P/c3*1-2(3)4;1-2;;/h3*1H3,(H,3,4);1H2,2H3;;1H6/q;;;;;+3/p-3. The van der Waals surface area contributed by atoms with Gasteiger partial charge in [0.2, 0.25) is 0 Å². The van der Waals surface area contributed by atoms with Gasteiger partial charge in [0, 0.05) is 17.9 Å². The number of carbonyl (C=O) groups excluding carboxylic acids is 3. The Morgan fingerprint density at radius 1 is 0.875 bits per heavy atom. The van der Waals surface area contributed by atoms with Gasteiger partial charge < -0.3 is 29.7 Å². The molecule has 0 aliphatic rings. The van der Waals surface area contributed by atoms with Crippen molar-refractivity contribution in [2.45, 2.75) is 31.6 Å². The summed E-state index contributed by atoms with van der Waals surface area (Å²) in [6.45, 7) is 5.13. The van der Waals surface area contributed by atoms with E-state index in [2.05, 4.69) is 6.92 Å². The third kappa shape index (κ3) is 44400. The fourth-order valence-electron chi connectivity index (χ4n) is 0. The third-order valence-electron chi connectivity index (χ3n) is 0. The van der Waals surface area contributed by atoms with Crippen molar-refractivity contribution >= 4 is 27.8 Å². The predicted octanol–water partition coefficient (Wildman–Crippen LogP) is -3.50. The number of carbonyl (C=O) groups is 3. The summed E-state index contributed by atoms with van der Waals surface area (Å²) in [5, 5.41) is 26.7. The van der Waals surface area contributed by atoms with Crippen molar-refractivity contribution in [3.05, 3.63) is 0 Å². The van der Waals surface area contributed by atoms with Crippen LogP contribution in [0.15, 0.2) is 0 Å². The summed E-state index contributed by atoms with van der Waals surface area (Å²) in [6.07, 6.45) is 0. The Bertz CT molecular complexity index is 133. The Balaban J connectivity index is -0.0000000331. The number of hydrogen-bond acceptors (Lipinski definition) is 6. The molecule has 0 atom stereocenters. The topological polar surface area (TPSA) is 120 Å². The smallest absolute Gasteiger partial charge is 0.295 e. The van der Waals surface area contributed by atoms with Crippen LogP contribution in [0.3, 0.4) is 0 Å². The molecule has 0 aliphatic carbocycles. The molecule has 0 spiro atoms. The number of rotatable bonds is 0. The van der Waals surface area contributed by atoms with Crippen LogP contribution in [0.2, 0.25) is 3.93 Å². The van der Waals surface area contributed by atoms with Gasteiger partial charge >= 0.3 is 37.0 Å². The summed E-state index contributed by atoms with van der Waals surface area (Å²) in [7, 11) is 0. The number of aliphatic carboxylic acids is 3. The van der Waals surface area contributed by atoms with Crippen molar-refractivity contribution in [1.29, 1.82) is 0 Å². The maximum absolute atomic E-state index is 8.89. The zero-order chi connectivity index (χ0) is 13.4. The largest absolute Gasteiger partial charge is 0.295 e. The van der Waals surface area contributed by atoms with E-state index in [4.69, 9.17) is 29.7 Å². The Labute approximate surface area is 115 Å². The molecule has 8 heteroatoms. The maximum atomic E-state index is 8.89. The molecular formula is C8H20HgO6P. The van der Waals surface area contributed by atoms with E-state index in [0.717, 1.165) is 46.9 Å². The second-order valence-corrected chi connectivity index (χ2v) is 5.86. The van der Waals surface area contributed by atoms with Crippen molar-refractivity contribution in [2.24, 2.45) is 0 Å². The van der Waals surface area contributed by atoms with Gasteiger partial charge in [0.15, 0.2) is 0 Å². The average Bonchev–Trinajstić information content (AvgIpc) is 1.81. The molecule has 0 amide bonds. The summed E-state index contributed by atoms with van der Waals surface area (Å²) in [5.41, 5.74) is 0. The molecule has 0 heterocycles. The fraction of sp³-hybridized carbons (Fsp3) is 0.625. The van der Waals surface area contributed by atoms with Gasteiger partial charge in [-0.05, 0) is 20.8 Å². The summed E-state index contributed by atoms with van der Waals surface area (Å²) < 4.78 is 1.44. The SMILES string of the molecule is CC(=O)[O-].CC(=O)[O-].CC(=O)[O-].C[CH2][Hg].[PH6+3]. The van der Waals surface area contributed by atoms with Crippen molar-refractivity contribution in [2.75, 3.05) is 0 Å². The van der Waals surface area contributed by atoms with Gasteiger partial charge in [-0.25, -0.2) is 0 Å². The molecule has 0 N–H and O–H groups in total. The molecule has 0 saturated heterocycles. The molecular weight excluding hydrogens is 424 g/mol. The Morgan fingerprint density at radius 3 is 0.875 bits per heavy atom. The van der Waals surface area contributed by atoms with Gasteiger partial charge in [0.1, 0.15) is 0 Å². The first-order valence-electron chi connectivity index (χ1n) is 3.93. The molecule has 0 radical (unpaired) electrons. The Hall–Kier alpha value is -0.225. The van der Waals surface area contributed by atoms with Crippen LogP contribution in [0.4, 0.5) is 0 Å². The number of carboxylic acid groups (broad SMARTS) is 3. The van der Waals surface area contributed by atoms with Crippen LogP contribution >= 0.6 is 9.90 Å². The van der Waals surface area contributed by atoms with Gasteiger partial charge in [-0.3, -0.25) is 9.90 Å². The molecule has 95 valence electrons. The normalized spacial score (nSPS) is 5.88. The third-order valence-corrected chi connectivity index (χ3v) is 0. The first-order chi connectivity index (χ1) is 6.61. The zero-order valence-corrected chi connectivity index (χ0v) is 14.9. The van der Waals surface area contributed by atoms with Crippen LogP contribution < -0.4 is 15.3 Å². The van der Waals surface area contributed by atoms with Gasteiger partial charge in [-0.1, -0.05) is 0 Å². The van der Waals surface area contributed by atoms with Gasteiger partial charge in [0.25, 0.3) is 0 Å². The molecule has 16 heavy (non-hydrogen) atoms. The average molecular weight is 444 g/mol.